The average Bonchev–Trinajstić information content (AvgIpc) is 3.44. The minimum atomic E-state index is -0.508. The number of benzene rings is 1. The molecule has 12 heteroatoms. The molecule has 0 bridgehead atoms. The molecule has 0 fully saturated rings. The molecule has 4 rings (SSSR count). The molecule has 0 unspecified atom stereocenters. The van der Waals surface area contributed by atoms with Gasteiger partial charge in [-0.05, 0) is 24.1 Å². The predicted octanol–water partition coefficient (Wildman–Crippen LogP) is 3.07. The molecule has 11 nitrogen and oxygen atoms in total. The number of nitrogens with one attached hydrogen (secondary N) is 2. The van der Waals surface area contributed by atoms with Gasteiger partial charge in [0, 0.05) is 31.3 Å². The number of anilines is 2. The summed E-state index contributed by atoms with van der Waals surface area (Å²) in [5.41, 5.74) is 0.798. The first kappa shape index (κ1) is 23.0. The van der Waals surface area contributed by atoms with E-state index in [9.17, 15) is 4.79 Å². The number of carbonyl (C=O) groups excluding carboxylic acids is 1. The van der Waals surface area contributed by atoms with Gasteiger partial charge in [-0.1, -0.05) is 32.0 Å². The van der Waals surface area contributed by atoms with E-state index in [1.165, 1.54) is 6.33 Å². The van der Waals surface area contributed by atoms with Gasteiger partial charge >= 0.3 is 0 Å². The fraction of sp³-hybridized carbons (Fsp3) is 0.318. The maximum Gasteiger partial charge on any atom is 0.292 e. The largest absolute Gasteiger partial charge is 0.345 e. The zero-order chi connectivity index (χ0) is 24.5. The number of nitrogens with zero attached hydrogens (tertiary/aromatic N) is 7. The Morgan fingerprint density at radius 1 is 1.18 bits per heavy atom. The van der Waals surface area contributed by atoms with Crippen molar-refractivity contribution in [3.05, 3.63) is 59.4 Å². The van der Waals surface area contributed by atoms with Crippen LogP contribution in [0.15, 0.2) is 35.2 Å². The van der Waals surface area contributed by atoms with Crippen molar-refractivity contribution < 1.29 is 13.7 Å². The lowest BCUT2D eigenvalue weighted by molar-refractivity contribution is 0.0937. The van der Waals surface area contributed by atoms with Crippen LogP contribution in [0, 0.1) is 12.7 Å². The molecule has 0 saturated heterocycles. The van der Waals surface area contributed by atoms with E-state index >= 15 is 4.39 Å². The Morgan fingerprint density at radius 2 is 1.97 bits per heavy atom. The molecule has 0 radical (unpaired) electrons. The third-order valence-electron chi connectivity index (χ3n) is 4.97. The number of hydrogen-bond donors (Lipinski definition) is 2. The molecule has 4 aromatic rings. The lowest BCUT2D eigenvalue weighted by Gasteiger charge is -2.11. The van der Waals surface area contributed by atoms with Crippen LogP contribution in [0.25, 0.3) is 11.4 Å². The van der Waals surface area contributed by atoms with Crippen LogP contribution in [0.1, 0.15) is 48.4 Å². The quantitative estimate of drug-likeness (QED) is 0.440. The highest BCUT2D eigenvalue weighted by molar-refractivity contribution is 5.90. The van der Waals surface area contributed by atoms with Crippen molar-refractivity contribution in [3.8, 4) is 11.4 Å². The first-order valence-electron chi connectivity index (χ1n) is 10.5. The van der Waals surface area contributed by atoms with Gasteiger partial charge in [0.1, 0.15) is 12.1 Å². The van der Waals surface area contributed by atoms with Crippen molar-refractivity contribution in [1.82, 2.24) is 40.2 Å². The number of aromatic nitrogens is 7. The molecule has 0 spiro atoms. The molecular weight excluding hydrogens is 441 g/mol. The third-order valence-corrected chi connectivity index (χ3v) is 4.97. The highest BCUT2D eigenvalue weighted by atomic mass is 19.1. The second kappa shape index (κ2) is 8.96. The van der Waals surface area contributed by atoms with Crippen LogP contribution >= 0.6 is 0 Å². The van der Waals surface area contributed by atoms with Crippen molar-refractivity contribution in [2.45, 2.75) is 39.7 Å². The predicted molar refractivity (Wildman–Crippen MR) is 121 cm³/mol. The number of halogens is 1. The zero-order valence-electron chi connectivity index (χ0n) is 19.4. The highest BCUT2D eigenvalue weighted by Crippen LogP contribution is 2.25. The van der Waals surface area contributed by atoms with Crippen molar-refractivity contribution >= 4 is 17.7 Å². The molecule has 0 saturated carbocycles. The standard InChI is InChI=1S/C22H24FN9O2/c1-12-13(10-24-19(33)18-28-20(34-31-18)22(2,3)4)6-7-14(16(12)23)17-25-11-26-21(29-17)27-15-8-9-32(5)30-15/h6-9,11H,10H2,1-5H3,(H,24,33)(H,25,26,27,29,30). The average molecular weight is 465 g/mol. The Labute approximate surface area is 194 Å². The second-order valence-corrected chi connectivity index (χ2v) is 8.70. The molecule has 0 atom stereocenters. The minimum absolute atomic E-state index is 0.0715. The van der Waals surface area contributed by atoms with Crippen molar-refractivity contribution in [2.24, 2.45) is 7.05 Å². The Kier molecular flexibility index (Phi) is 6.05. The van der Waals surface area contributed by atoms with E-state index in [4.69, 9.17) is 4.52 Å². The molecule has 0 aliphatic carbocycles. The Balaban J connectivity index is 1.48. The molecular formula is C22H24FN9O2. The number of carbonyl (C=O) groups is 1. The molecule has 1 aromatic carbocycles. The normalized spacial score (nSPS) is 11.5. The van der Waals surface area contributed by atoms with E-state index in [1.807, 2.05) is 20.8 Å². The van der Waals surface area contributed by atoms with Gasteiger partial charge in [-0.15, -0.1) is 0 Å². The molecule has 2 N–H and O–H groups in total. The number of hydrogen-bond acceptors (Lipinski definition) is 9. The lowest BCUT2D eigenvalue weighted by Crippen LogP contribution is -2.25. The summed E-state index contributed by atoms with van der Waals surface area (Å²) in [6.07, 6.45) is 3.07. The van der Waals surface area contributed by atoms with Crippen molar-refractivity contribution in [2.75, 3.05) is 5.32 Å². The number of amides is 1. The number of aryl methyl sites for hydroxylation is 1. The Hall–Kier alpha value is -4.22. The van der Waals surface area contributed by atoms with Crippen LogP contribution < -0.4 is 10.6 Å². The monoisotopic (exact) mass is 465 g/mol. The highest BCUT2D eigenvalue weighted by Gasteiger charge is 2.24. The minimum Gasteiger partial charge on any atom is -0.345 e. The smallest absolute Gasteiger partial charge is 0.292 e. The van der Waals surface area contributed by atoms with E-state index in [1.54, 1.807) is 43.0 Å². The van der Waals surface area contributed by atoms with Crippen LogP contribution in [0.4, 0.5) is 16.2 Å². The first-order chi connectivity index (χ1) is 16.1. The van der Waals surface area contributed by atoms with Crippen molar-refractivity contribution in [1.29, 1.82) is 0 Å². The van der Waals surface area contributed by atoms with Gasteiger partial charge in [0.2, 0.25) is 11.8 Å². The summed E-state index contributed by atoms with van der Waals surface area (Å²) in [5, 5.41) is 13.6. The third kappa shape index (κ3) is 4.90. The Bertz CT molecular complexity index is 1340. The van der Waals surface area contributed by atoms with E-state index in [0.29, 0.717) is 22.8 Å². The topological polar surface area (TPSA) is 137 Å². The van der Waals surface area contributed by atoms with Gasteiger partial charge in [-0.25, -0.2) is 14.4 Å². The van der Waals surface area contributed by atoms with E-state index in [2.05, 4.69) is 40.8 Å². The summed E-state index contributed by atoms with van der Waals surface area (Å²) in [6.45, 7) is 7.42. The summed E-state index contributed by atoms with van der Waals surface area (Å²) in [6, 6.07) is 5.03. The molecule has 1 amide bonds. The van der Waals surface area contributed by atoms with Crippen LogP contribution in [0.5, 0.6) is 0 Å². The van der Waals surface area contributed by atoms with Gasteiger partial charge in [0.05, 0.1) is 5.56 Å². The first-order valence-corrected chi connectivity index (χ1v) is 10.5. The van der Waals surface area contributed by atoms with E-state index in [-0.39, 0.29) is 35.1 Å². The molecule has 3 aromatic heterocycles. The van der Waals surface area contributed by atoms with Gasteiger partial charge in [-0.3, -0.25) is 9.48 Å². The summed E-state index contributed by atoms with van der Waals surface area (Å²) >= 11 is 0. The van der Waals surface area contributed by atoms with Crippen LogP contribution in [0.2, 0.25) is 0 Å². The maximum atomic E-state index is 15.2. The fourth-order valence-corrected chi connectivity index (χ4v) is 3.05. The van der Waals surface area contributed by atoms with E-state index < -0.39 is 11.7 Å². The van der Waals surface area contributed by atoms with Crippen LogP contribution in [-0.2, 0) is 19.0 Å². The molecule has 176 valence electrons. The maximum absolute atomic E-state index is 15.2. The van der Waals surface area contributed by atoms with Gasteiger partial charge in [0.25, 0.3) is 11.7 Å². The summed E-state index contributed by atoms with van der Waals surface area (Å²) in [5.74, 6) is 0.259. The molecule has 3 heterocycles. The van der Waals surface area contributed by atoms with Crippen molar-refractivity contribution in [3.63, 3.8) is 0 Å². The molecule has 34 heavy (non-hydrogen) atoms. The lowest BCUT2D eigenvalue weighted by atomic mass is 9.97. The SMILES string of the molecule is Cc1c(CNC(=O)c2noc(C(C)(C)C)n2)ccc(-c2ncnc(Nc3ccn(C)n3)n2)c1F. The molecule has 0 aliphatic rings. The van der Waals surface area contributed by atoms with Gasteiger partial charge in [-0.2, -0.15) is 15.1 Å². The fourth-order valence-electron chi connectivity index (χ4n) is 3.05. The van der Waals surface area contributed by atoms with E-state index in [0.717, 1.165) is 0 Å². The summed E-state index contributed by atoms with van der Waals surface area (Å²) in [7, 11) is 1.79. The Morgan fingerprint density at radius 3 is 2.65 bits per heavy atom. The van der Waals surface area contributed by atoms with Gasteiger partial charge in [0.15, 0.2) is 11.6 Å². The second-order valence-electron chi connectivity index (χ2n) is 8.70. The van der Waals surface area contributed by atoms with Crippen LogP contribution in [-0.4, -0.2) is 40.8 Å². The summed E-state index contributed by atoms with van der Waals surface area (Å²) in [4.78, 5) is 29.0. The van der Waals surface area contributed by atoms with Crippen LogP contribution in [0.3, 0.4) is 0 Å². The zero-order valence-corrected chi connectivity index (χ0v) is 19.4. The molecule has 0 aliphatic heterocycles. The summed E-state index contributed by atoms with van der Waals surface area (Å²) < 4.78 is 22.0. The van der Waals surface area contributed by atoms with Gasteiger partial charge < -0.3 is 15.2 Å². The number of rotatable bonds is 6.